The molecule has 2 aromatic carbocycles. The minimum Gasteiger partial charge on any atom is -0.330 e. The fraction of sp³-hybridized carbons (Fsp3) is 0.290. The lowest BCUT2D eigenvalue weighted by Crippen LogP contribution is -2.46. The van der Waals surface area contributed by atoms with Gasteiger partial charge in [-0.05, 0) is 51.6 Å². The van der Waals surface area contributed by atoms with E-state index in [4.69, 9.17) is 0 Å². The summed E-state index contributed by atoms with van der Waals surface area (Å²) in [5.41, 5.74) is 4.55. The zero-order valence-corrected chi connectivity index (χ0v) is 22.1. The second-order valence-electron chi connectivity index (χ2n) is 10.2. The van der Waals surface area contributed by atoms with E-state index in [-0.39, 0.29) is 29.8 Å². The van der Waals surface area contributed by atoms with Gasteiger partial charge in [-0.1, -0.05) is 81.4 Å². The quantitative estimate of drug-likeness (QED) is 0.285. The maximum atomic E-state index is 13.7. The second kappa shape index (κ2) is 11.1. The van der Waals surface area contributed by atoms with E-state index in [1.807, 2.05) is 35.2 Å². The topological polar surface area (TPSA) is 40.6 Å². The number of benzene rings is 2. The molecule has 2 amide bonds. The number of nitrogens with zero attached hydrogens (tertiary/aromatic N) is 2. The van der Waals surface area contributed by atoms with Crippen LogP contribution in [0.2, 0.25) is 0 Å². The Balaban J connectivity index is 1.57. The van der Waals surface area contributed by atoms with Gasteiger partial charge in [0.05, 0.1) is 6.04 Å². The predicted molar refractivity (Wildman–Crippen MR) is 149 cm³/mol. The molecule has 5 heteroatoms. The van der Waals surface area contributed by atoms with Crippen molar-refractivity contribution in [2.75, 3.05) is 19.6 Å². The first kappa shape index (κ1) is 25.6. The molecule has 0 radical (unpaired) electrons. The molecule has 0 N–H and O–H groups in total. The SMILES string of the molecule is C=CCN(CC(=O)N1CCc2sccc2C1c1ccc(C(C)(C)C)cc1)C(=O)C=Cc1ccccc1. The van der Waals surface area contributed by atoms with Crippen LogP contribution in [-0.4, -0.2) is 41.2 Å². The summed E-state index contributed by atoms with van der Waals surface area (Å²) in [5.74, 6) is -0.258. The average Bonchev–Trinajstić information content (AvgIpc) is 3.35. The maximum Gasteiger partial charge on any atom is 0.247 e. The van der Waals surface area contributed by atoms with Gasteiger partial charge in [-0.15, -0.1) is 17.9 Å². The normalized spacial score (nSPS) is 15.5. The van der Waals surface area contributed by atoms with Crippen LogP contribution in [-0.2, 0) is 21.4 Å². The fourth-order valence-electron chi connectivity index (χ4n) is 4.59. The lowest BCUT2D eigenvalue weighted by molar-refractivity contribution is -0.139. The highest BCUT2D eigenvalue weighted by Crippen LogP contribution is 2.38. The van der Waals surface area contributed by atoms with E-state index < -0.39 is 0 Å². The molecule has 0 spiro atoms. The van der Waals surface area contributed by atoms with E-state index in [1.165, 1.54) is 22.1 Å². The van der Waals surface area contributed by atoms with Crippen LogP contribution in [0.25, 0.3) is 6.08 Å². The Labute approximate surface area is 218 Å². The van der Waals surface area contributed by atoms with Crippen LogP contribution in [0.1, 0.15) is 53.9 Å². The van der Waals surface area contributed by atoms with Crippen molar-refractivity contribution in [2.45, 2.75) is 38.6 Å². The maximum absolute atomic E-state index is 13.7. The van der Waals surface area contributed by atoms with Crippen molar-refractivity contribution < 1.29 is 9.59 Å². The van der Waals surface area contributed by atoms with Crippen LogP contribution >= 0.6 is 11.3 Å². The standard InChI is InChI=1S/C31H34N2O2S/c1-5-19-32(28(34)16-11-23-9-7-6-8-10-23)22-29(35)33-20-17-27-26(18-21-36-27)30(33)24-12-14-25(15-13-24)31(2,3)4/h5-16,18,21,30H,1,17,19-20,22H2,2-4H3. The monoisotopic (exact) mass is 498 g/mol. The van der Waals surface area contributed by atoms with Crippen molar-refractivity contribution in [2.24, 2.45) is 0 Å². The lowest BCUT2D eigenvalue weighted by Gasteiger charge is -2.37. The Bertz CT molecular complexity index is 1240. The Morgan fingerprint density at radius 3 is 2.47 bits per heavy atom. The lowest BCUT2D eigenvalue weighted by atomic mass is 9.85. The first-order valence-electron chi connectivity index (χ1n) is 12.4. The molecule has 1 aromatic heterocycles. The third-order valence-corrected chi connectivity index (χ3v) is 7.58. The van der Waals surface area contributed by atoms with E-state index in [9.17, 15) is 9.59 Å². The van der Waals surface area contributed by atoms with E-state index >= 15 is 0 Å². The number of amides is 2. The molecular weight excluding hydrogens is 464 g/mol. The van der Waals surface area contributed by atoms with Crippen LogP contribution in [0.4, 0.5) is 0 Å². The number of carbonyl (C=O) groups excluding carboxylic acids is 2. The highest BCUT2D eigenvalue weighted by Gasteiger charge is 2.33. The molecule has 0 saturated heterocycles. The molecule has 1 aliphatic rings. The van der Waals surface area contributed by atoms with Gasteiger partial charge in [-0.2, -0.15) is 0 Å². The smallest absolute Gasteiger partial charge is 0.247 e. The van der Waals surface area contributed by atoms with Crippen LogP contribution in [0.5, 0.6) is 0 Å². The highest BCUT2D eigenvalue weighted by atomic mass is 32.1. The van der Waals surface area contributed by atoms with E-state index in [1.54, 1.807) is 28.4 Å². The largest absolute Gasteiger partial charge is 0.330 e. The molecule has 186 valence electrons. The first-order chi connectivity index (χ1) is 17.3. The van der Waals surface area contributed by atoms with Crippen LogP contribution in [0, 0.1) is 0 Å². The molecule has 1 aliphatic heterocycles. The van der Waals surface area contributed by atoms with Gasteiger partial charge in [0.25, 0.3) is 0 Å². The summed E-state index contributed by atoms with van der Waals surface area (Å²) < 4.78 is 0. The third kappa shape index (κ3) is 5.85. The molecule has 1 unspecified atom stereocenters. The molecule has 36 heavy (non-hydrogen) atoms. The number of fused-ring (bicyclic) bond motifs is 1. The molecule has 2 heterocycles. The van der Waals surface area contributed by atoms with Crippen molar-refractivity contribution in [3.05, 3.63) is 112 Å². The minimum atomic E-state index is -0.202. The number of thiophene rings is 1. The van der Waals surface area contributed by atoms with Gasteiger partial charge in [0.2, 0.25) is 11.8 Å². The molecule has 1 atom stereocenters. The van der Waals surface area contributed by atoms with Crippen molar-refractivity contribution in [1.82, 2.24) is 9.80 Å². The molecular formula is C31H34N2O2S. The van der Waals surface area contributed by atoms with Crippen LogP contribution in [0.3, 0.4) is 0 Å². The van der Waals surface area contributed by atoms with Crippen molar-refractivity contribution in [3.8, 4) is 0 Å². The Hall–Kier alpha value is -3.44. The number of hydrogen-bond acceptors (Lipinski definition) is 3. The zero-order chi connectivity index (χ0) is 25.7. The van der Waals surface area contributed by atoms with Crippen molar-refractivity contribution >= 4 is 29.2 Å². The Morgan fingerprint density at radius 2 is 1.81 bits per heavy atom. The van der Waals surface area contributed by atoms with Gasteiger partial charge < -0.3 is 9.80 Å². The van der Waals surface area contributed by atoms with Crippen molar-refractivity contribution in [3.63, 3.8) is 0 Å². The predicted octanol–water partition coefficient (Wildman–Crippen LogP) is 6.25. The van der Waals surface area contributed by atoms with Crippen LogP contribution in [0.15, 0.2) is 84.8 Å². The Morgan fingerprint density at radius 1 is 1.08 bits per heavy atom. The summed E-state index contributed by atoms with van der Waals surface area (Å²) in [6.07, 6.45) is 5.80. The van der Waals surface area contributed by atoms with Crippen LogP contribution < -0.4 is 0 Å². The van der Waals surface area contributed by atoms with E-state index in [2.05, 4.69) is 63.1 Å². The first-order valence-corrected chi connectivity index (χ1v) is 13.2. The number of hydrogen-bond donors (Lipinski definition) is 0. The van der Waals surface area contributed by atoms with Gasteiger partial charge >= 0.3 is 0 Å². The summed E-state index contributed by atoms with van der Waals surface area (Å²) in [6.45, 7) is 11.4. The molecule has 0 fully saturated rings. The third-order valence-electron chi connectivity index (χ3n) is 6.58. The minimum absolute atomic E-state index is 0.0139. The molecule has 4 nitrogen and oxygen atoms in total. The van der Waals surface area contributed by atoms with Crippen molar-refractivity contribution in [1.29, 1.82) is 0 Å². The molecule has 0 bridgehead atoms. The summed E-state index contributed by atoms with van der Waals surface area (Å²) in [5, 5.41) is 2.11. The van der Waals surface area contributed by atoms with Gasteiger partial charge in [-0.25, -0.2) is 0 Å². The molecule has 4 rings (SSSR count). The summed E-state index contributed by atoms with van der Waals surface area (Å²) >= 11 is 1.75. The molecule has 0 aliphatic carbocycles. The average molecular weight is 499 g/mol. The summed E-state index contributed by atoms with van der Waals surface area (Å²) in [6, 6.07) is 20.3. The number of carbonyl (C=O) groups is 2. The Kier molecular flexibility index (Phi) is 7.90. The van der Waals surface area contributed by atoms with E-state index in [0.29, 0.717) is 13.1 Å². The molecule has 0 saturated carbocycles. The van der Waals surface area contributed by atoms with Gasteiger partial charge in [0.1, 0.15) is 6.54 Å². The fourth-order valence-corrected chi connectivity index (χ4v) is 5.49. The van der Waals surface area contributed by atoms with Gasteiger partial charge in [0, 0.05) is 24.0 Å². The zero-order valence-electron chi connectivity index (χ0n) is 21.3. The second-order valence-corrected chi connectivity index (χ2v) is 11.2. The van der Waals surface area contributed by atoms with Gasteiger partial charge in [0.15, 0.2) is 0 Å². The highest BCUT2D eigenvalue weighted by molar-refractivity contribution is 7.10. The molecule has 3 aromatic rings. The number of rotatable bonds is 7. The van der Waals surface area contributed by atoms with Gasteiger partial charge in [-0.3, -0.25) is 9.59 Å². The summed E-state index contributed by atoms with van der Waals surface area (Å²) in [4.78, 5) is 31.5. The summed E-state index contributed by atoms with van der Waals surface area (Å²) in [7, 11) is 0. The van der Waals surface area contributed by atoms with E-state index in [0.717, 1.165) is 17.5 Å².